The van der Waals surface area contributed by atoms with Crippen LogP contribution >= 0.6 is 0 Å². The van der Waals surface area contributed by atoms with Gasteiger partial charge in [0.1, 0.15) is 11.3 Å². The van der Waals surface area contributed by atoms with Crippen LogP contribution in [0.1, 0.15) is 55.1 Å². The van der Waals surface area contributed by atoms with Crippen LogP contribution in [0, 0.1) is 17.8 Å². The Labute approximate surface area is 162 Å². The molecule has 1 amide bonds. The lowest BCUT2D eigenvalue weighted by atomic mass is 9.62. The molecule has 1 aromatic rings. The summed E-state index contributed by atoms with van der Waals surface area (Å²) in [5.41, 5.74) is 6.44. The minimum absolute atomic E-state index is 0.270. The molecule has 0 aromatic carbocycles. The Morgan fingerprint density at radius 3 is 2.74 bits per heavy atom. The lowest BCUT2D eigenvalue weighted by Gasteiger charge is -2.55. The van der Waals surface area contributed by atoms with Gasteiger partial charge in [-0.25, -0.2) is 0 Å². The van der Waals surface area contributed by atoms with Gasteiger partial charge >= 0.3 is 0 Å². The molecule has 1 aliphatic carbocycles. The first-order chi connectivity index (χ1) is 13.0. The number of aromatic nitrogens is 1. The molecule has 6 heteroatoms. The number of nitrogens with two attached hydrogens (primary N) is 1. The third kappa shape index (κ3) is 4.03. The van der Waals surface area contributed by atoms with Crippen LogP contribution in [0.5, 0.6) is 0 Å². The summed E-state index contributed by atoms with van der Waals surface area (Å²) in [4.78, 5) is 18.3. The maximum atomic E-state index is 11.6. The molecule has 1 saturated heterocycles. The lowest BCUT2D eigenvalue weighted by Crippen LogP contribution is -2.59. The van der Waals surface area contributed by atoms with Gasteiger partial charge in [0, 0.05) is 51.4 Å². The number of nitrogens with zero attached hydrogens (tertiary/aromatic N) is 2. The smallest absolute Gasteiger partial charge is 0.267 e. The van der Waals surface area contributed by atoms with Crippen LogP contribution in [-0.4, -0.2) is 54.2 Å². The van der Waals surface area contributed by atoms with Crippen LogP contribution in [0.15, 0.2) is 18.3 Å². The van der Waals surface area contributed by atoms with Crippen LogP contribution in [0.2, 0.25) is 0 Å². The fourth-order valence-electron chi connectivity index (χ4n) is 5.38. The average Bonchev–Trinajstić information content (AvgIpc) is 2.65. The van der Waals surface area contributed by atoms with Crippen molar-refractivity contribution in [1.29, 1.82) is 0 Å². The van der Waals surface area contributed by atoms with Crippen LogP contribution in [0.3, 0.4) is 0 Å². The number of hydrogen-bond donors (Lipinski definition) is 2. The highest BCUT2D eigenvalue weighted by atomic mass is 16.5. The fraction of sp³-hybridized carbons (Fsp3) is 0.714. The quantitative estimate of drug-likeness (QED) is 0.727. The van der Waals surface area contributed by atoms with Crippen LogP contribution in [0.4, 0.5) is 0 Å². The Morgan fingerprint density at radius 2 is 2.15 bits per heavy atom. The van der Waals surface area contributed by atoms with E-state index in [4.69, 9.17) is 15.6 Å². The number of fused-ring (bicyclic) bond motifs is 2. The number of ether oxygens (including phenoxy) is 1. The van der Waals surface area contributed by atoms with Gasteiger partial charge in [0.05, 0.1) is 0 Å². The molecule has 0 radical (unpaired) electrons. The van der Waals surface area contributed by atoms with Crippen LogP contribution in [-0.2, 0) is 10.3 Å². The normalized spacial score (nSPS) is 29.4. The molecule has 2 bridgehead atoms. The number of rotatable bonds is 8. The zero-order valence-corrected chi connectivity index (χ0v) is 16.6. The Balaban J connectivity index is 1.83. The molecule has 27 heavy (non-hydrogen) atoms. The van der Waals surface area contributed by atoms with Gasteiger partial charge in [-0.3, -0.25) is 9.78 Å². The van der Waals surface area contributed by atoms with Crippen molar-refractivity contribution >= 4 is 5.91 Å². The van der Waals surface area contributed by atoms with E-state index in [0.29, 0.717) is 23.4 Å². The Hall–Kier alpha value is -1.50. The molecule has 2 fully saturated rings. The molecule has 1 aliphatic heterocycles. The molecule has 1 saturated carbocycles. The first-order valence-corrected chi connectivity index (χ1v) is 10.2. The summed E-state index contributed by atoms with van der Waals surface area (Å²) >= 11 is 0. The third-order valence-corrected chi connectivity index (χ3v) is 6.50. The van der Waals surface area contributed by atoms with Gasteiger partial charge in [-0.15, -0.1) is 0 Å². The zero-order chi connectivity index (χ0) is 19.4. The largest absolute Gasteiger partial charge is 0.396 e. The van der Waals surface area contributed by atoms with E-state index in [1.54, 1.807) is 13.3 Å². The van der Waals surface area contributed by atoms with Crippen molar-refractivity contribution in [2.75, 3.05) is 33.4 Å². The van der Waals surface area contributed by atoms with Crippen molar-refractivity contribution < 1.29 is 14.6 Å². The molecule has 2 heterocycles. The maximum absolute atomic E-state index is 11.6. The van der Waals surface area contributed by atoms with Gasteiger partial charge in [0.25, 0.3) is 5.91 Å². The molecule has 2 unspecified atom stereocenters. The number of carbonyl (C=O) groups is 1. The van der Waals surface area contributed by atoms with Crippen molar-refractivity contribution in [1.82, 2.24) is 9.88 Å². The Bertz CT molecular complexity index is 637. The number of primary amides is 1. The predicted octanol–water partition coefficient (Wildman–Crippen LogP) is 2.16. The predicted molar refractivity (Wildman–Crippen MR) is 104 cm³/mol. The van der Waals surface area contributed by atoms with E-state index in [-0.39, 0.29) is 12.2 Å². The summed E-state index contributed by atoms with van der Waals surface area (Å²) in [5.74, 6) is 0.866. The molecule has 3 atom stereocenters. The number of aliphatic hydroxyl groups is 1. The zero-order valence-electron chi connectivity index (χ0n) is 16.6. The van der Waals surface area contributed by atoms with E-state index in [2.05, 4.69) is 16.8 Å². The lowest BCUT2D eigenvalue weighted by molar-refractivity contribution is -0.170. The van der Waals surface area contributed by atoms with Crippen molar-refractivity contribution in [3.63, 3.8) is 0 Å². The first kappa shape index (κ1) is 20.2. The SMILES string of the molecule is COC1(c2ccnc(C(N)=O)c2)C2CCCC1CN(C[C@H](C)CCCO)C2. The number of hydrogen-bond acceptors (Lipinski definition) is 5. The van der Waals surface area contributed by atoms with Crippen molar-refractivity contribution in [2.24, 2.45) is 23.5 Å². The molecule has 3 N–H and O–H groups in total. The van der Waals surface area contributed by atoms with Gasteiger partial charge in [-0.1, -0.05) is 13.3 Å². The van der Waals surface area contributed by atoms with Crippen molar-refractivity contribution in [2.45, 2.75) is 44.6 Å². The number of piperidine rings is 1. The molecular formula is C21H33N3O3. The second-order valence-corrected chi connectivity index (χ2v) is 8.31. The summed E-state index contributed by atoms with van der Waals surface area (Å²) in [6.07, 6.45) is 7.08. The highest BCUT2D eigenvalue weighted by Gasteiger charge is 2.53. The standard InChI is InChI=1S/C21H33N3O3/c1-15(5-4-10-25)12-24-13-17-6-3-7-18(14-24)21(17,27-2)16-8-9-23-19(11-16)20(22)26/h8-9,11,15,17-18,25H,3-7,10,12-14H2,1-2H3,(H2,22,26)/t15-,17?,18?,21?/m1/s1. The molecule has 3 rings (SSSR count). The van der Waals surface area contributed by atoms with Gasteiger partial charge in [-0.05, 0) is 49.3 Å². The summed E-state index contributed by atoms with van der Waals surface area (Å²) in [7, 11) is 1.80. The summed E-state index contributed by atoms with van der Waals surface area (Å²) in [5, 5.41) is 9.07. The van der Waals surface area contributed by atoms with E-state index < -0.39 is 5.91 Å². The minimum Gasteiger partial charge on any atom is -0.396 e. The van der Waals surface area contributed by atoms with Gasteiger partial charge in [0.15, 0.2) is 0 Å². The molecule has 0 spiro atoms. The second-order valence-electron chi connectivity index (χ2n) is 8.31. The van der Waals surface area contributed by atoms with Gasteiger partial charge in [-0.2, -0.15) is 0 Å². The van der Waals surface area contributed by atoms with Gasteiger partial charge < -0.3 is 20.5 Å². The van der Waals surface area contributed by atoms with Crippen LogP contribution < -0.4 is 5.73 Å². The second kappa shape index (κ2) is 8.67. The topological polar surface area (TPSA) is 88.7 Å². The maximum Gasteiger partial charge on any atom is 0.267 e. The Kier molecular flexibility index (Phi) is 6.50. The van der Waals surface area contributed by atoms with Crippen LogP contribution in [0.25, 0.3) is 0 Å². The number of pyridine rings is 1. The molecular weight excluding hydrogens is 342 g/mol. The third-order valence-electron chi connectivity index (χ3n) is 6.50. The molecule has 2 aliphatic rings. The molecule has 6 nitrogen and oxygen atoms in total. The summed E-state index contributed by atoms with van der Waals surface area (Å²) in [6.45, 7) is 5.61. The number of amides is 1. The highest BCUT2D eigenvalue weighted by Crippen LogP contribution is 2.51. The van der Waals surface area contributed by atoms with E-state index in [1.807, 2.05) is 12.1 Å². The number of aliphatic hydroxyl groups excluding tert-OH is 1. The van der Waals surface area contributed by atoms with E-state index in [9.17, 15) is 4.79 Å². The van der Waals surface area contributed by atoms with E-state index in [0.717, 1.165) is 50.9 Å². The Morgan fingerprint density at radius 1 is 1.44 bits per heavy atom. The average molecular weight is 376 g/mol. The highest BCUT2D eigenvalue weighted by molar-refractivity contribution is 5.90. The monoisotopic (exact) mass is 375 g/mol. The summed E-state index contributed by atoms with van der Waals surface area (Å²) in [6, 6.07) is 3.82. The molecule has 150 valence electrons. The van der Waals surface area contributed by atoms with E-state index in [1.165, 1.54) is 6.42 Å². The number of carbonyl (C=O) groups excluding carboxylic acids is 1. The minimum atomic E-state index is -0.497. The number of likely N-dealkylation sites (tertiary alicyclic amines) is 1. The fourth-order valence-corrected chi connectivity index (χ4v) is 5.38. The first-order valence-electron chi connectivity index (χ1n) is 10.2. The van der Waals surface area contributed by atoms with Crippen molar-refractivity contribution in [3.8, 4) is 0 Å². The van der Waals surface area contributed by atoms with E-state index >= 15 is 0 Å². The molecule has 1 aromatic heterocycles. The van der Waals surface area contributed by atoms with Crippen molar-refractivity contribution in [3.05, 3.63) is 29.6 Å². The number of methoxy groups -OCH3 is 1. The summed E-state index contributed by atoms with van der Waals surface area (Å²) < 4.78 is 6.25. The van der Waals surface area contributed by atoms with Gasteiger partial charge in [0.2, 0.25) is 0 Å².